The van der Waals surface area contributed by atoms with Gasteiger partial charge in [0.05, 0.1) is 21.7 Å². The van der Waals surface area contributed by atoms with Gasteiger partial charge in [-0.3, -0.25) is 4.84 Å². The highest BCUT2D eigenvalue weighted by Crippen LogP contribution is 2.53. The maximum atomic E-state index is 14.5. The summed E-state index contributed by atoms with van der Waals surface area (Å²) >= 11 is 11.3. The lowest BCUT2D eigenvalue weighted by molar-refractivity contribution is -0.282. The van der Waals surface area contributed by atoms with Crippen molar-refractivity contribution in [3.63, 3.8) is 0 Å². The van der Waals surface area contributed by atoms with Gasteiger partial charge in [-0.1, -0.05) is 47.5 Å². The van der Waals surface area contributed by atoms with E-state index in [9.17, 15) is 30.7 Å². The summed E-state index contributed by atoms with van der Waals surface area (Å²) in [5.41, 5.74) is -3.98. The van der Waals surface area contributed by atoms with E-state index in [4.69, 9.17) is 28.0 Å². The summed E-state index contributed by atoms with van der Waals surface area (Å²) in [4.78, 5) is 4.92. The third-order valence-corrected chi connectivity index (χ3v) is 6.57. The molecule has 2 aromatic carbocycles. The lowest BCUT2D eigenvalue weighted by Gasteiger charge is -2.35. The molecule has 0 spiro atoms. The van der Waals surface area contributed by atoms with Crippen molar-refractivity contribution in [2.45, 2.75) is 36.1 Å². The third kappa shape index (κ3) is 3.86. The van der Waals surface area contributed by atoms with Gasteiger partial charge in [0.15, 0.2) is 5.67 Å². The monoisotopic (exact) mass is 502 g/mol. The minimum atomic E-state index is -5.09. The zero-order valence-electron chi connectivity index (χ0n) is 16.0. The smallest absolute Gasteiger partial charge is 0.310 e. The topological polar surface area (TPSA) is 33.3 Å². The number of hydroxylamine groups is 1. The minimum Gasteiger partial charge on any atom is -0.310 e. The number of hydrogen-bond donors (Lipinski definition) is 2. The average Bonchev–Trinajstić information content (AvgIpc) is 3.14. The molecule has 32 heavy (non-hydrogen) atoms. The van der Waals surface area contributed by atoms with Crippen molar-refractivity contribution in [3.8, 4) is 0 Å². The highest BCUT2D eigenvalue weighted by atomic mass is 35.5. The normalized spacial score (nSPS) is 25.6. The molecule has 2 aromatic rings. The van der Waals surface area contributed by atoms with Gasteiger partial charge in [0.25, 0.3) is 0 Å². The predicted octanol–water partition coefficient (Wildman–Crippen LogP) is 6.20. The molecule has 0 saturated carbocycles. The number of halogens is 9. The Morgan fingerprint density at radius 3 is 2.06 bits per heavy atom. The molecular weight excluding hydrogens is 488 g/mol. The van der Waals surface area contributed by atoms with Crippen molar-refractivity contribution >= 4 is 23.2 Å². The standard InChI is InChI=1S/C20H15Cl2F7N2O/c21-14-6-12(5-13(16(14)22)19(24,25)26)18(20(27,28)29)7-15(31-32-18)10-1-3-11(4-2-10)17(23)8-30-9-17/h1-6,15,30-31H,7-9H2. The van der Waals surface area contributed by atoms with E-state index in [1.807, 2.05) is 0 Å². The van der Waals surface area contributed by atoms with Crippen LogP contribution in [0.25, 0.3) is 0 Å². The van der Waals surface area contributed by atoms with Gasteiger partial charge in [-0.2, -0.15) is 31.8 Å². The Hall–Kier alpha value is -1.59. The van der Waals surface area contributed by atoms with Crippen LogP contribution in [-0.2, 0) is 22.3 Å². The lowest BCUT2D eigenvalue weighted by atomic mass is 9.84. The Morgan fingerprint density at radius 1 is 0.938 bits per heavy atom. The molecule has 4 rings (SSSR count). The Bertz CT molecular complexity index is 1020. The number of nitrogens with one attached hydrogen (secondary N) is 2. The quantitative estimate of drug-likeness (QED) is 0.490. The molecule has 2 heterocycles. The second kappa shape index (κ2) is 7.73. The summed E-state index contributed by atoms with van der Waals surface area (Å²) in [6.45, 7) is 0.264. The van der Waals surface area contributed by atoms with Crippen LogP contribution in [0.3, 0.4) is 0 Å². The largest absolute Gasteiger partial charge is 0.423 e. The zero-order chi connectivity index (χ0) is 23.5. The van der Waals surface area contributed by atoms with E-state index in [0.29, 0.717) is 17.2 Å². The molecule has 174 valence electrons. The Morgan fingerprint density at radius 2 is 1.56 bits per heavy atom. The zero-order valence-corrected chi connectivity index (χ0v) is 17.5. The first-order valence-electron chi connectivity index (χ1n) is 9.34. The summed E-state index contributed by atoms with van der Waals surface area (Å²) in [7, 11) is 0. The Kier molecular flexibility index (Phi) is 5.69. The van der Waals surface area contributed by atoms with Gasteiger partial charge in [0.2, 0.25) is 5.60 Å². The van der Waals surface area contributed by atoms with Crippen molar-refractivity contribution in [2.75, 3.05) is 13.1 Å². The molecule has 2 unspecified atom stereocenters. The van der Waals surface area contributed by atoms with Crippen LogP contribution in [0.15, 0.2) is 36.4 Å². The molecule has 0 bridgehead atoms. The van der Waals surface area contributed by atoms with Crippen LogP contribution in [0, 0.1) is 0 Å². The molecule has 12 heteroatoms. The van der Waals surface area contributed by atoms with Crippen LogP contribution in [0.2, 0.25) is 10.0 Å². The van der Waals surface area contributed by atoms with Crippen LogP contribution in [0.4, 0.5) is 30.7 Å². The molecule has 2 atom stereocenters. The summed E-state index contributed by atoms with van der Waals surface area (Å²) in [6.07, 6.45) is -10.9. The number of rotatable bonds is 3. The van der Waals surface area contributed by atoms with Gasteiger partial charge in [0, 0.05) is 19.5 Å². The highest BCUT2D eigenvalue weighted by molar-refractivity contribution is 6.42. The van der Waals surface area contributed by atoms with E-state index in [2.05, 4.69) is 10.8 Å². The van der Waals surface area contributed by atoms with Gasteiger partial charge in [-0.05, 0) is 28.8 Å². The molecule has 2 fully saturated rings. The van der Waals surface area contributed by atoms with Crippen LogP contribution < -0.4 is 10.8 Å². The van der Waals surface area contributed by atoms with Crippen LogP contribution >= 0.6 is 23.2 Å². The van der Waals surface area contributed by atoms with Crippen molar-refractivity contribution in [1.82, 2.24) is 10.8 Å². The van der Waals surface area contributed by atoms with E-state index in [1.54, 1.807) is 0 Å². The molecule has 2 aliphatic rings. The van der Waals surface area contributed by atoms with Crippen molar-refractivity contribution < 1.29 is 35.6 Å². The van der Waals surface area contributed by atoms with E-state index in [1.165, 1.54) is 24.3 Å². The van der Waals surface area contributed by atoms with Gasteiger partial charge in [0.1, 0.15) is 0 Å². The first kappa shape index (κ1) is 23.6. The molecule has 0 radical (unpaired) electrons. The van der Waals surface area contributed by atoms with Crippen LogP contribution in [-0.4, -0.2) is 19.3 Å². The van der Waals surface area contributed by atoms with Gasteiger partial charge < -0.3 is 5.32 Å². The van der Waals surface area contributed by atoms with E-state index in [-0.39, 0.29) is 13.1 Å². The Labute approximate surface area is 187 Å². The van der Waals surface area contributed by atoms with Crippen molar-refractivity contribution in [3.05, 3.63) is 68.7 Å². The number of alkyl halides is 7. The molecule has 2 aliphatic heterocycles. The van der Waals surface area contributed by atoms with Gasteiger partial charge >= 0.3 is 12.4 Å². The minimum absolute atomic E-state index is 0.132. The third-order valence-electron chi connectivity index (χ3n) is 5.77. The number of hydrogen-bond acceptors (Lipinski definition) is 3. The van der Waals surface area contributed by atoms with Crippen LogP contribution in [0.5, 0.6) is 0 Å². The molecular formula is C20H15Cl2F7N2O. The summed E-state index contributed by atoms with van der Waals surface area (Å²) in [5.74, 6) is 0. The fourth-order valence-electron chi connectivity index (χ4n) is 3.83. The SMILES string of the molecule is FC(F)(F)c1cc(C2(C(F)(F)F)CC(c3ccc(C4(F)CNC4)cc3)NO2)cc(Cl)c1Cl. The summed E-state index contributed by atoms with van der Waals surface area (Å²) in [6, 6.07) is 5.83. The van der Waals surface area contributed by atoms with E-state index >= 15 is 0 Å². The number of benzene rings is 2. The summed E-state index contributed by atoms with van der Waals surface area (Å²) < 4.78 is 96.9. The van der Waals surface area contributed by atoms with Crippen molar-refractivity contribution in [2.24, 2.45) is 0 Å². The second-order valence-corrected chi connectivity index (χ2v) is 8.59. The molecule has 0 aliphatic carbocycles. The first-order chi connectivity index (χ1) is 14.8. The summed E-state index contributed by atoms with van der Waals surface area (Å²) in [5, 5.41) is 1.23. The van der Waals surface area contributed by atoms with E-state index < -0.39 is 57.3 Å². The van der Waals surface area contributed by atoms with Crippen LogP contribution in [0.1, 0.15) is 34.7 Å². The second-order valence-electron chi connectivity index (χ2n) is 7.81. The van der Waals surface area contributed by atoms with Gasteiger partial charge in [-0.15, -0.1) is 0 Å². The fourth-order valence-corrected chi connectivity index (χ4v) is 4.27. The maximum Gasteiger partial charge on any atom is 0.423 e. The molecule has 0 amide bonds. The molecule has 2 N–H and O–H groups in total. The predicted molar refractivity (Wildman–Crippen MR) is 103 cm³/mol. The molecule has 3 nitrogen and oxygen atoms in total. The molecule has 0 aromatic heterocycles. The first-order valence-corrected chi connectivity index (χ1v) is 10.1. The Balaban J connectivity index is 1.70. The van der Waals surface area contributed by atoms with Crippen molar-refractivity contribution in [1.29, 1.82) is 0 Å². The lowest BCUT2D eigenvalue weighted by Crippen LogP contribution is -2.53. The fraction of sp³-hybridized carbons (Fsp3) is 0.400. The van der Waals surface area contributed by atoms with E-state index in [0.717, 1.165) is 6.07 Å². The van der Waals surface area contributed by atoms with Gasteiger partial charge in [-0.25, -0.2) is 4.39 Å². The molecule has 2 saturated heterocycles. The average molecular weight is 503 g/mol. The highest BCUT2D eigenvalue weighted by Gasteiger charge is 2.62. The maximum absolute atomic E-state index is 14.5.